The van der Waals surface area contributed by atoms with E-state index in [4.69, 9.17) is 4.42 Å². The Hall–Kier alpha value is -4.20. The minimum Gasteiger partial charge on any atom is -0.478 e. The Labute approximate surface area is 157 Å². The summed E-state index contributed by atoms with van der Waals surface area (Å²) in [4.78, 5) is 34.8. The van der Waals surface area contributed by atoms with E-state index in [9.17, 15) is 24.8 Å². The van der Waals surface area contributed by atoms with Crippen LogP contribution < -0.4 is 0 Å². The summed E-state index contributed by atoms with van der Waals surface area (Å²) in [7, 11) is 0. The number of aromatic nitrogens is 1. The van der Waals surface area contributed by atoms with Gasteiger partial charge in [-0.15, -0.1) is 0 Å². The fourth-order valence-corrected chi connectivity index (χ4v) is 3.02. The Morgan fingerprint density at radius 2 is 1.82 bits per heavy atom. The van der Waals surface area contributed by atoms with Crippen molar-refractivity contribution < 1.29 is 24.0 Å². The van der Waals surface area contributed by atoms with Crippen LogP contribution in [0.1, 0.15) is 20.9 Å². The van der Waals surface area contributed by atoms with Crippen LogP contribution in [0.4, 0.5) is 5.69 Å². The van der Waals surface area contributed by atoms with E-state index in [0.29, 0.717) is 22.2 Å². The predicted octanol–water partition coefficient (Wildman–Crippen LogP) is 4.20. The smallest absolute Gasteiger partial charge is 0.337 e. The molecule has 0 bridgehead atoms. The number of carboxylic acid groups (broad SMARTS) is 1. The third kappa shape index (κ3) is 2.82. The lowest BCUT2D eigenvalue weighted by molar-refractivity contribution is -0.384. The third-order valence-corrected chi connectivity index (χ3v) is 4.32. The molecule has 2 heterocycles. The largest absolute Gasteiger partial charge is 0.478 e. The fraction of sp³-hybridized carbons (Fsp3) is 0. The lowest BCUT2D eigenvalue weighted by Gasteiger charge is -2.01. The molecule has 28 heavy (non-hydrogen) atoms. The summed E-state index contributed by atoms with van der Waals surface area (Å²) in [5.74, 6) is -1.40. The molecule has 0 saturated carbocycles. The molecule has 0 saturated heterocycles. The Morgan fingerprint density at radius 3 is 2.57 bits per heavy atom. The number of carbonyl (C=O) groups excluding carboxylic acids is 1. The van der Waals surface area contributed by atoms with Crippen LogP contribution >= 0.6 is 0 Å². The number of furan rings is 1. The lowest BCUT2D eigenvalue weighted by Crippen LogP contribution is -2.09. The molecule has 1 N–H and O–H groups in total. The van der Waals surface area contributed by atoms with Gasteiger partial charge < -0.3 is 9.52 Å². The molecule has 0 amide bonds. The molecule has 8 heteroatoms. The van der Waals surface area contributed by atoms with Crippen molar-refractivity contribution in [1.29, 1.82) is 0 Å². The summed E-state index contributed by atoms with van der Waals surface area (Å²) in [6.07, 6.45) is 1.25. The zero-order chi connectivity index (χ0) is 19.8. The first-order valence-corrected chi connectivity index (χ1v) is 8.18. The van der Waals surface area contributed by atoms with Gasteiger partial charge in [0.15, 0.2) is 5.76 Å². The maximum atomic E-state index is 12.9. The summed E-state index contributed by atoms with van der Waals surface area (Å²) >= 11 is 0. The molecule has 0 aliphatic carbocycles. The van der Waals surface area contributed by atoms with E-state index in [1.807, 2.05) is 0 Å². The second kappa shape index (κ2) is 6.51. The summed E-state index contributed by atoms with van der Waals surface area (Å²) in [6.45, 7) is 0. The molecular weight excluding hydrogens is 364 g/mol. The zero-order valence-electron chi connectivity index (χ0n) is 14.2. The number of hydrogen-bond acceptors (Lipinski definition) is 5. The Morgan fingerprint density at radius 1 is 1.04 bits per heavy atom. The average molecular weight is 376 g/mol. The highest BCUT2D eigenvalue weighted by Gasteiger charge is 2.21. The number of rotatable bonds is 4. The first-order chi connectivity index (χ1) is 13.5. The van der Waals surface area contributed by atoms with Gasteiger partial charge in [0.2, 0.25) is 0 Å². The standard InChI is InChI=1S/C20H12N2O6/c23-19(21-11-15(20(24)25)14-6-1-2-7-16(14)21)18-9-8-17(28-18)12-4-3-5-13(10-12)22(26)27/h1-11H,(H,24,25). The van der Waals surface area contributed by atoms with Crippen molar-refractivity contribution in [3.05, 3.63) is 88.3 Å². The van der Waals surface area contributed by atoms with E-state index in [-0.39, 0.29) is 17.0 Å². The van der Waals surface area contributed by atoms with Crippen molar-refractivity contribution in [2.24, 2.45) is 0 Å². The Balaban J connectivity index is 1.75. The van der Waals surface area contributed by atoms with Crippen LogP contribution in [0.3, 0.4) is 0 Å². The van der Waals surface area contributed by atoms with Crippen LogP contribution in [0.15, 0.2) is 71.3 Å². The molecule has 2 aromatic carbocycles. The lowest BCUT2D eigenvalue weighted by atomic mass is 10.1. The number of nitrogens with zero attached hydrogens (tertiary/aromatic N) is 2. The zero-order valence-corrected chi connectivity index (χ0v) is 14.2. The summed E-state index contributed by atoms with van der Waals surface area (Å²) in [5.41, 5.74) is 0.814. The Kier molecular flexibility index (Phi) is 4.00. The van der Waals surface area contributed by atoms with Crippen LogP contribution in [-0.2, 0) is 0 Å². The molecule has 2 aromatic heterocycles. The van der Waals surface area contributed by atoms with Crippen molar-refractivity contribution >= 4 is 28.5 Å². The summed E-state index contributed by atoms with van der Waals surface area (Å²) in [6, 6.07) is 15.5. The molecule has 0 unspecified atom stereocenters. The third-order valence-electron chi connectivity index (χ3n) is 4.32. The van der Waals surface area contributed by atoms with Gasteiger partial charge in [-0.1, -0.05) is 30.3 Å². The molecule has 0 aliphatic heterocycles. The van der Waals surface area contributed by atoms with E-state index in [1.165, 1.54) is 41.1 Å². The van der Waals surface area contributed by atoms with Gasteiger partial charge in [-0.25, -0.2) is 4.79 Å². The molecule has 0 spiro atoms. The maximum Gasteiger partial charge on any atom is 0.337 e. The highest BCUT2D eigenvalue weighted by atomic mass is 16.6. The van der Waals surface area contributed by atoms with Crippen LogP contribution in [0.25, 0.3) is 22.2 Å². The number of carbonyl (C=O) groups is 2. The number of nitro groups is 1. The Bertz CT molecular complexity index is 1250. The van der Waals surface area contributed by atoms with Gasteiger partial charge in [0, 0.05) is 29.3 Å². The number of nitro benzene ring substituents is 1. The van der Waals surface area contributed by atoms with Gasteiger partial charge in [-0.3, -0.25) is 19.5 Å². The average Bonchev–Trinajstić information content (AvgIpc) is 3.33. The fourth-order valence-electron chi connectivity index (χ4n) is 3.02. The van der Waals surface area contributed by atoms with Gasteiger partial charge in [0.25, 0.3) is 11.6 Å². The van der Waals surface area contributed by atoms with Crippen molar-refractivity contribution in [3.63, 3.8) is 0 Å². The number of aromatic carboxylic acids is 1. The summed E-state index contributed by atoms with van der Waals surface area (Å²) in [5, 5.41) is 20.7. The topological polar surface area (TPSA) is 116 Å². The number of para-hydroxylation sites is 1. The van der Waals surface area contributed by atoms with E-state index >= 15 is 0 Å². The monoisotopic (exact) mass is 376 g/mol. The first-order valence-electron chi connectivity index (χ1n) is 8.18. The first kappa shape index (κ1) is 17.2. The molecule has 8 nitrogen and oxygen atoms in total. The molecule has 138 valence electrons. The highest BCUT2D eigenvalue weighted by Crippen LogP contribution is 2.27. The normalized spacial score (nSPS) is 10.9. The molecule has 4 rings (SSSR count). The van der Waals surface area contributed by atoms with Crippen molar-refractivity contribution in [2.45, 2.75) is 0 Å². The molecule has 4 aromatic rings. The second-order valence-corrected chi connectivity index (χ2v) is 6.01. The van der Waals surface area contributed by atoms with Crippen LogP contribution in [0.2, 0.25) is 0 Å². The molecular formula is C20H12N2O6. The minimum absolute atomic E-state index is 0.00872. The van der Waals surface area contributed by atoms with Crippen molar-refractivity contribution in [1.82, 2.24) is 4.57 Å². The van der Waals surface area contributed by atoms with Gasteiger partial charge in [0.1, 0.15) is 5.76 Å². The molecule has 0 fully saturated rings. The molecule has 0 atom stereocenters. The highest BCUT2D eigenvalue weighted by molar-refractivity contribution is 6.08. The number of non-ortho nitro benzene ring substituents is 1. The van der Waals surface area contributed by atoms with Gasteiger partial charge >= 0.3 is 5.97 Å². The van der Waals surface area contributed by atoms with Gasteiger partial charge in [0.05, 0.1) is 16.0 Å². The van der Waals surface area contributed by atoms with E-state index in [0.717, 1.165) is 0 Å². The van der Waals surface area contributed by atoms with E-state index in [2.05, 4.69) is 0 Å². The van der Waals surface area contributed by atoms with Gasteiger partial charge in [-0.05, 0) is 18.2 Å². The quantitative estimate of drug-likeness (QED) is 0.422. The van der Waals surface area contributed by atoms with E-state index < -0.39 is 16.8 Å². The number of benzene rings is 2. The number of carboxylic acids is 1. The maximum absolute atomic E-state index is 12.9. The molecule has 0 aliphatic rings. The van der Waals surface area contributed by atoms with Gasteiger partial charge in [-0.2, -0.15) is 0 Å². The van der Waals surface area contributed by atoms with Crippen molar-refractivity contribution in [3.8, 4) is 11.3 Å². The second-order valence-electron chi connectivity index (χ2n) is 6.01. The number of hydrogen-bond donors (Lipinski definition) is 1. The van der Waals surface area contributed by atoms with Crippen LogP contribution in [0.5, 0.6) is 0 Å². The SMILES string of the molecule is O=C(O)c1cn(C(=O)c2ccc(-c3cccc([N+](=O)[O-])c3)o2)c2ccccc12. The van der Waals surface area contributed by atoms with Crippen LogP contribution in [0, 0.1) is 10.1 Å². The van der Waals surface area contributed by atoms with Crippen molar-refractivity contribution in [2.75, 3.05) is 0 Å². The predicted molar refractivity (Wildman–Crippen MR) is 99.4 cm³/mol. The molecule has 0 radical (unpaired) electrons. The van der Waals surface area contributed by atoms with E-state index in [1.54, 1.807) is 30.3 Å². The minimum atomic E-state index is -1.14. The summed E-state index contributed by atoms with van der Waals surface area (Å²) < 4.78 is 6.82. The van der Waals surface area contributed by atoms with Crippen LogP contribution in [-0.4, -0.2) is 26.5 Å². The number of fused-ring (bicyclic) bond motifs is 1.